The van der Waals surface area contributed by atoms with E-state index < -0.39 is 0 Å². The summed E-state index contributed by atoms with van der Waals surface area (Å²) in [5.74, 6) is -0.265. The van der Waals surface area contributed by atoms with Gasteiger partial charge < -0.3 is 11.1 Å². The van der Waals surface area contributed by atoms with Gasteiger partial charge in [-0.05, 0) is 38.4 Å². The first-order valence-electron chi connectivity index (χ1n) is 8.58. The number of benzene rings is 1. The number of thiazole rings is 1. The van der Waals surface area contributed by atoms with Crippen LogP contribution in [0.15, 0.2) is 29.6 Å². The number of anilines is 1. The maximum atomic E-state index is 14.2. The van der Waals surface area contributed by atoms with Crippen molar-refractivity contribution in [1.82, 2.24) is 15.2 Å². The van der Waals surface area contributed by atoms with Gasteiger partial charge in [-0.1, -0.05) is 18.2 Å². The van der Waals surface area contributed by atoms with Crippen LogP contribution in [0, 0.1) is 5.82 Å². The average Bonchev–Trinajstić information content (AvgIpc) is 3.26. The minimum absolute atomic E-state index is 0.0490. The number of nitrogen functional groups attached to an aromatic ring is 1. The molecule has 5 nitrogen and oxygen atoms in total. The number of amides is 1. The summed E-state index contributed by atoms with van der Waals surface area (Å²) in [6.07, 6.45) is 3.15. The second-order valence-corrected chi connectivity index (χ2v) is 7.15. The van der Waals surface area contributed by atoms with Crippen LogP contribution in [-0.4, -0.2) is 35.4 Å². The standard InChI is InChI=1S/C18H23FN4OS/c19-15-6-2-1-5-14(15)16(23-9-3-4-10-23)11-21-17(24)8-7-13-12-25-18(20)22-13/h1-2,5-6,12,16H,3-4,7-11H2,(H2,20,22)(H,21,24)/t16-/m0/s1. The van der Waals surface area contributed by atoms with E-state index in [-0.39, 0.29) is 17.8 Å². The maximum absolute atomic E-state index is 14.2. The molecule has 0 aliphatic carbocycles. The van der Waals surface area contributed by atoms with Crippen molar-refractivity contribution in [3.63, 3.8) is 0 Å². The van der Waals surface area contributed by atoms with Crippen molar-refractivity contribution in [2.24, 2.45) is 0 Å². The van der Waals surface area contributed by atoms with Gasteiger partial charge in [0, 0.05) is 23.9 Å². The molecule has 3 rings (SSSR count). The quantitative estimate of drug-likeness (QED) is 0.794. The summed E-state index contributed by atoms with van der Waals surface area (Å²) in [5.41, 5.74) is 7.08. The van der Waals surface area contributed by atoms with E-state index in [2.05, 4.69) is 15.2 Å². The first kappa shape index (κ1) is 17.8. The van der Waals surface area contributed by atoms with E-state index in [1.54, 1.807) is 6.07 Å². The number of carbonyl (C=O) groups excluding carboxylic acids is 1. The number of likely N-dealkylation sites (tertiary alicyclic amines) is 1. The molecule has 1 aromatic heterocycles. The van der Waals surface area contributed by atoms with Crippen molar-refractivity contribution in [2.45, 2.75) is 31.7 Å². The van der Waals surface area contributed by atoms with Crippen LogP contribution in [-0.2, 0) is 11.2 Å². The number of nitrogens with one attached hydrogen (secondary N) is 1. The van der Waals surface area contributed by atoms with Crippen LogP contribution in [0.2, 0.25) is 0 Å². The van der Waals surface area contributed by atoms with Gasteiger partial charge >= 0.3 is 0 Å². The molecule has 134 valence electrons. The molecule has 0 bridgehead atoms. The fraction of sp³-hybridized carbons (Fsp3) is 0.444. The molecule has 3 N–H and O–H groups in total. The van der Waals surface area contributed by atoms with Crippen LogP contribution in [0.4, 0.5) is 9.52 Å². The molecular weight excluding hydrogens is 339 g/mol. The van der Waals surface area contributed by atoms with E-state index in [9.17, 15) is 9.18 Å². The summed E-state index contributed by atoms with van der Waals surface area (Å²) in [6.45, 7) is 2.29. The molecule has 2 aromatic rings. The SMILES string of the molecule is Nc1nc(CCC(=O)NC[C@@H](c2ccccc2F)N2CCCC2)cs1. The second-order valence-electron chi connectivity index (χ2n) is 6.26. The topological polar surface area (TPSA) is 71.2 Å². The Balaban J connectivity index is 1.58. The third kappa shape index (κ3) is 4.76. The van der Waals surface area contributed by atoms with Crippen molar-refractivity contribution >= 4 is 22.4 Å². The van der Waals surface area contributed by atoms with Gasteiger partial charge in [0.1, 0.15) is 5.82 Å². The zero-order valence-corrected chi connectivity index (χ0v) is 14.9. The normalized spacial score (nSPS) is 16.0. The number of aryl methyl sites for hydroxylation is 1. The molecule has 1 aliphatic heterocycles. The Morgan fingerprint density at radius 3 is 2.80 bits per heavy atom. The van der Waals surface area contributed by atoms with Crippen molar-refractivity contribution in [2.75, 3.05) is 25.4 Å². The summed E-state index contributed by atoms with van der Waals surface area (Å²) in [4.78, 5) is 18.6. The van der Waals surface area contributed by atoms with Crippen molar-refractivity contribution in [3.8, 4) is 0 Å². The third-order valence-electron chi connectivity index (χ3n) is 4.52. The van der Waals surface area contributed by atoms with Gasteiger partial charge in [-0.2, -0.15) is 0 Å². The predicted molar refractivity (Wildman–Crippen MR) is 97.8 cm³/mol. The molecule has 1 atom stereocenters. The number of nitrogens with zero attached hydrogens (tertiary/aromatic N) is 2. The third-order valence-corrected chi connectivity index (χ3v) is 5.24. The molecule has 1 aromatic carbocycles. The molecule has 1 fully saturated rings. The summed E-state index contributed by atoms with van der Waals surface area (Å²) >= 11 is 1.38. The smallest absolute Gasteiger partial charge is 0.220 e. The van der Waals surface area contributed by atoms with Crippen LogP contribution in [0.3, 0.4) is 0 Å². The van der Waals surface area contributed by atoms with Gasteiger partial charge in [-0.15, -0.1) is 11.3 Å². The van der Waals surface area contributed by atoms with Gasteiger partial charge in [0.15, 0.2) is 5.13 Å². The van der Waals surface area contributed by atoms with E-state index in [1.165, 1.54) is 17.4 Å². The van der Waals surface area contributed by atoms with Crippen molar-refractivity contribution in [1.29, 1.82) is 0 Å². The fourth-order valence-electron chi connectivity index (χ4n) is 3.21. The van der Waals surface area contributed by atoms with E-state index in [1.807, 2.05) is 17.5 Å². The number of hydrogen-bond donors (Lipinski definition) is 2. The van der Waals surface area contributed by atoms with Gasteiger partial charge in [-0.25, -0.2) is 9.37 Å². The van der Waals surface area contributed by atoms with Gasteiger partial charge in [0.2, 0.25) is 5.91 Å². The van der Waals surface area contributed by atoms with E-state index in [4.69, 9.17) is 5.73 Å². The van der Waals surface area contributed by atoms with Gasteiger partial charge in [0.25, 0.3) is 0 Å². The minimum Gasteiger partial charge on any atom is -0.375 e. The minimum atomic E-state index is -0.216. The van der Waals surface area contributed by atoms with E-state index in [0.717, 1.165) is 31.6 Å². The molecular formula is C18H23FN4OS. The summed E-state index contributed by atoms with van der Waals surface area (Å²) < 4.78 is 14.2. The molecule has 25 heavy (non-hydrogen) atoms. The first-order chi connectivity index (χ1) is 12.1. The highest BCUT2D eigenvalue weighted by Crippen LogP contribution is 2.26. The zero-order valence-electron chi connectivity index (χ0n) is 14.1. The van der Waals surface area contributed by atoms with Crippen LogP contribution >= 0.6 is 11.3 Å². The van der Waals surface area contributed by atoms with Crippen molar-refractivity contribution in [3.05, 3.63) is 46.7 Å². The maximum Gasteiger partial charge on any atom is 0.220 e. The number of halogens is 1. The molecule has 0 radical (unpaired) electrons. The molecule has 1 aliphatic rings. The lowest BCUT2D eigenvalue weighted by Crippen LogP contribution is -2.37. The highest BCUT2D eigenvalue weighted by atomic mass is 32.1. The molecule has 7 heteroatoms. The Morgan fingerprint density at radius 2 is 2.12 bits per heavy atom. The Morgan fingerprint density at radius 1 is 1.36 bits per heavy atom. The van der Waals surface area contributed by atoms with Gasteiger partial charge in [0.05, 0.1) is 11.7 Å². The van der Waals surface area contributed by atoms with E-state index in [0.29, 0.717) is 30.1 Å². The number of aromatic nitrogens is 1. The average molecular weight is 362 g/mol. The van der Waals surface area contributed by atoms with Gasteiger partial charge in [-0.3, -0.25) is 9.69 Å². The highest BCUT2D eigenvalue weighted by Gasteiger charge is 2.25. The number of carbonyl (C=O) groups is 1. The molecule has 1 amide bonds. The summed E-state index contributed by atoms with van der Waals surface area (Å²) in [5, 5.41) is 5.35. The fourth-order valence-corrected chi connectivity index (χ4v) is 3.81. The largest absolute Gasteiger partial charge is 0.375 e. The Labute approximate surface area is 151 Å². The number of rotatable bonds is 7. The first-order valence-corrected chi connectivity index (χ1v) is 9.46. The number of nitrogens with two attached hydrogens (primary N) is 1. The van der Waals surface area contributed by atoms with Crippen LogP contribution < -0.4 is 11.1 Å². The lowest BCUT2D eigenvalue weighted by molar-refractivity contribution is -0.121. The molecule has 0 unspecified atom stereocenters. The Hall–Kier alpha value is -1.99. The van der Waals surface area contributed by atoms with Crippen LogP contribution in [0.5, 0.6) is 0 Å². The Bertz CT molecular complexity index is 715. The Kier molecular flexibility index (Phi) is 5.99. The van der Waals surface area contributed by atoms with Crippen molar-refractivity contribution < 1.29 is 9.18 Å². The monoisotopic (exact) mass is 362 g/mol. The lowest BCUT2D eigenvalue weighted by Gasteiger charge is -2.28. The predicted octanol–water partition coefficient (Wildman–Crippen LogP) is 2.75. The summed E-state index contributed by atoms with van der Waals surface area (Å²) in [7, 11) is 0. The molecule has 2 heterocycles. The van der Waals surface area contributed by atoms with Crippen LogP contribution in [0.25, 0.3) is 0 Å². The summed E-state index contributed by atoms with van der Waals surface area (Å²) in [6, 6.07) is 6.70. The number of hydrogen-bond acceptors (Lipinski definition) is 5. The van der Waals surface area contributed by atoms with E-state index >= 15 is 0 Å². The van der Waals surface area contributed by atoms with Crippen LogP contribution in [0.1, 0.15) is 36.6 Å². The molecule has 0 saturated carbocycles. The zero-order chi connectivity index (χ0) is 17.6. The highest BCUT2D eigenvalue weighted by molar-refractivity contribution is 7.13. The second kappa shape index (κ2) is 8.40. The molecule has 0 spiro atoms. The molecule has 1 saturated heterocycles. The lowest BCUT2D eigenvalue weighted by atomic mass is 10.0.